The maximum absolute atomic E-state index is 6.54. The summed E-state index contributed by atoms with van der Waals surface area (Å²) in [6.07, 6.45) is 6.89. The number of benzene rings is 1. The van der Waals surface area contributed by atoms with Gasteiger partial charge in [0, 0.05) is 11.6 Å². The van der Waals surface area contributed by atoms with Crippen LogP contribution < -0.4 is 11.5 Å². The van der Waals surface area contributed by atoms with E-state index in [-0.39, 0.29) is 18.2 Å². The van der Waals surface area contributed by atoms with Gasteiger partial charge < -0.3 is 25.5 Å². The lowest BCUT2D eigenvalue weighted by Gasteiger charge is -2.22. The topological polar surface area (TPSA) is 114 Å². The molecule has 4 heterocycles. The Bertz CT molecular complexity index is 1520. The van der Waals surface area contributed by atoms with Gasteiger partial charge in [0.05, 0.1) is 27.0 Å². The highest BCUT2D eigenvalue weighted by Crippen LogP contribution is 2.45. The Morgan fingerprint density at radius 2 is 1.83 bits per heavy atom. The van der Waals surface area contributed by atoms with Crippen LogP contribution in [0.1, 0.15) is 31.9 Å². The summed E-state index contributed by atoms with van der Waals surface area (Å²) in [5.41, 5.74) is 15.7. The average molecular weight is 511 g/mol. The number of ether oxygens (including phenoxy) is 2. The summed E-state index contributed by atoms with van der Waals surface area (Å²) < 4.78 is 14.8. The van der Waals surface area contributed by atoms with Crippen molar-refractivity contribution >= 4 is 56.8 Å². The second kappa shape index (κ2) is 8.06. The van der Waals surface area contributed by atoms with E-state index in [2.05, 4.69) is 25.6 Å². The highest BCUT2D eigenvalue weighted by atomic mass is 35.5. The third-order valence-electron chi connectivity index (χ3n) is 6.70. The van der Waals surface area contributed by atoms with Gasteiger partial charge >= 0.3 is 0 Å². The molecular weight excluding hydrogens is 487 g/mol. The number of hydrogen-bond acceptors (Lipinski definition) is 7. The average Bonchev–Trinajstić information content (AvgIpc) is 3.45. The van der Waals surface area contributed by atoms with E-state index in [1.807, 2.05) is 38.2 Å². The molecule has 3 aromatic heterocycles. The van der Waals surface area contributed by atoms with Gasteiger partial charge in [-0.05, 0) is 62.1 Å². The van der Waals surface area contributed by atoms with Crippen LogP contribution in [0.2, 0.25) is 10.0 Å². The van der Waals surface area contributed by atoms with Crippen LogP contribution in [0.4, 0.5) is 11.6 Å². The summed E-state index contributed by atoms with van der Waals surface area (Å²) in [5.74, 6) is 0.0654. The smallest absolute Gasteiger partial charge is 0.164 e. The third-order valence-corrected chi connectivity index (χ3v) is 7.32. The van der Waals surface area contributed by atoms with Crippen molar-refractivity contribution in [1.82, 2.24) is 19.5 Å². The van der Waals surface area contributed by atoms with Gasteiger partial charge in [-0.25, -0.2) is 15.0 Å². The van der Waals surface area contributed by atoms with Crippen molar-refractivity contribution in [2.24, 2.45) is 0 Å². The van der Waals surface area contributed by atoms with Crippen LogP contribution in [0.5, 0.6) is 0 Å². The number of anilines is 2. The quantitative estimate of drug-likeness (QED) is 0.367. The van der Waals surface area contributed by atoms with Gasteiger partial charge in [0.15, 0.2) is 5.79 Å². The molecule has 35 heavy (non-hydrogen) atoms. The molecule has 4 N–H and O–H groups in total. The fraction of sp³-hybridized carbons (Fsp3) is 0.320. The Morgan fingerprint density at radius 3 is 2.66 bits per heavy atom. The summed E-state index contributed by atoms with van der Waals surface area (Å²) in [4.78, 5) is 13.0. The summed E-state index contributed by atoms with van der Waals surface area (Å²) in [6, 6.07) is 7.58. The first-order valence-electron chi connectivity index (χ1n) is 11.4. The molecule has 0 bridgehead atoms. The maximum atomic E-state index is 6.54. The van der Waals surface area contributed by atoms with E-state index >= 15 is 0 Å². The van der Waals surface area contributed by atoms with Crippen molar-refractivity contribution in [2.75, 3.05) is 11.5 Å². The molecule has 8 nitrogen and oxygen atoms in total. The normalized spacial score (nSPS) is 23.2. The standard InChI is InChI=1S/C25H24Cl2N6O2/c1-25(2)34-20-13(4-3-12-7-16(26)15-10-17(27)23(29)32-18(15)8-12)9-19(21(20)35-25)33-6-5-14-22(28)30-11-31-24(14)33/h5-11,19-21H,3-4H2,1-2H3,(H2,29,32)(H2,28,30,31)/t19-,20-,21+/m1/s1. The van der Waals surface area contributed by atoms with Crippen LogP contribution in [0.3, 0.4) is 0 Å². The first-order valence-corrected chi connectivity index (χ1v) is 12.1. The number of aryl methyl sites for hydroxylation is 1. The predicted octanol–water partition coefficient (Wildman–Crippen LogP) is 5.08. The summed E-state index contributed by atoms with van der Waals surface area (Å²) in [5, 5.41) is 2.60. The first kappa shape index (κ1) is 22.5. The molecule has 1 aliphatic heterocycles. The Hall–Kier alpha value is -2.91. The van der Waals surface area contributed by atoms with E-state index in [0.29, 0.717) is 21.7 Å². The van der Waals surface area contributed by atoms with Gasteiger partial charge in [0.2, 0.25) is 0 Å². The number of nitrogens with two attached hydrogens (primary N) is 2. The monoisotopic (exact) mass is 510 g/mol. The number of aromatic nitrogens is 4. The van der Waals surface area contributed by atoms with E-state index in [1.165, 1.54) is 11.9 Å². The summed E-state index contributed by atoms with van der Waals surface area (Å²) >= 11 is 12.7. The van der Waals surface area contributed by atoms with Crippen LogP contribution in [-0.2, 0) is 15.9 Å². The molecule has 2 aliphatic rings. The molecule has 180 valence electrons. The number of nitrogen functional groups attached to an aromatic ring is 2. The Morgan fingerprint density at radius 1 is 1.00 bits per heavy atom. The minimum absolute atomic E-state index is 0.0765. The zero-order chi connectivity index (χ0) is 24.5. The molecule has 0 unspecified atom stereocenters. The Balaban J connectivity index is 1.33. The lowest BCUT2D eigenvalue weighted by Crippen LogP contribution is -2.27. The SMILES string of the molecule is CC1(C)O[C@@H]2[C@H](O1)C(CCc1cc(Cl)c3cc(Cl)c(N)nc3c1)=C[C@H]2n1ccc2c(N)ncnc21. The first-order chi connectivity index (χ1) is 16.7. The van der Waals surface area contributed by atoms with Gasteiger partial charge in [-0.2, -0.15) is 0 Å². The fourth-order valence-electron chi connectivity index (χ4n) is 5.14. The van der Waals surface area contributed by atoms with Gasteiger partial charge in [-0.15, -0.1) is 0 Å². The molecule has 0 radical (unpaired) electrons. The lowest BCUT2D eigenvalue weighted by molar-refractivity contribution is -0.147. The number of rotatable bonds is 4. The van der Waals surface area contributed by atoms with E-state index in [0.717, 1.165) is 40.3 Å². The van der Waals surface area contributed by atoms with Gasteiger partial charge in [0.1, 0.15) is 35.8 Å². The molecule has 0 spiro atoms. The highest BCUT2D eigenvalue weighted by Gasteiger charge is 2.50. The fourth-order valence-corrected chi connectivity index (χ4v) is 5.58. The second-order valence-corrected chi connectivity index (χ2v) is 10.3. The molecule has 3 atom stereocenters. The molecule has 4 aromatic rings. The maximum Gasteiger partial charge on any atom is 0.164 e. The van der Waals surface area contributed by atoms with Crippen LogP contribution >= 0.6 is 23.2 Å². The lowest BCUT2D eigenvalue weighted by atomic mass is 10.0. The molecule has 0 saturated carbocycles. The second-order valence-electron chi connectivity index (χ2n) is 9.47. The molecular formula is C25H24Cl2N6O2. The predicted molar refractivity (Wildman–Crippen MR) is 137 cm³/mol. The molecule has 1 aromatic carbocycles. The van der Waals surface area contributed by atoms with E-state index < -0.39 is 5.79 Å². The van der Waals surface area contributed by atoms with Crippen molar-refractivity contribution < 1.29 is 9.47 Å². The van der Waals surface area contributed by atoms with Crippen LogP contribution in [-0.4, -0.2) is 37.5 Å². The zero-order valence-corrected chi connectivity index (χ0v) is 20.7. The molecule has 1 saturated heterocycles. The van der Waals surface area contributed by atoms with Crippen molar-refractivity contribution in [3.63, 3.8) is 0 Å². The van der Waals surface area contributed by atoms with E-state index in [4.69, 9.17) is 44.1 Å². The molecule has 1 aliphatic carbocycles. The highest BCUT2D eigenvalue weighted by molar-refractivity contribution is 6.37. The number of nitrogens with zero attached hydrogens (tertiary/aromatic N) is 4. The summed E-state index contributed by atoms with van der Waals surface area (Å²) in [7, 11) is 0. The van der Waals surface area contributed by atoms with Gasteiger partial charge in [-0.1, -0.05) is 29.3 Å². The molecule has 6 rings (SSSR count). The van der Waals surface area contributed by atoms with E-state index in [1.54, 1.807) is 6.07 Å². The van der Waals surface area contributed by atoms with Crippen LogP contribution in [0.25, 0.3) is 21.9 Å². The van der Waals surface area contributed by atoms with Crippen molar-refractivity contribution in [3.05, 3.63) is 64.0 Å². The van der Waals surface area contributed by atoms with Crippen LogP contribution in [0, 0.1) is 0 Å². The Kier molecular flexibility index (Phi) is 5.19. The molecule has 0 amide bonds. The minimum Gasteiger partial charge on any atom is -0.383 e. The molecule has 1 fully saturated rings. The van der Waals surface area contributed by atoms with E-state index in [9.17, 15) is 0 Å². The minimum atomic E-state index is -0.683. The van der Waals surface area contributed by atoms with Crippen molar-refractivity contribution in [3.8, 4) is 0 Å². The van der Waals surface area contributed by atoms with Crippen LogP contribution in [0.15, 0.2) is 48.4 Å². The number of halogens is 2. The van der Waals surface area contributed by atoms with Crippen molar-refractivity contribution in [2.45, 2.75) is 50.7 Å². The summed E-state index contributed by atoms with van der Waals surface area (Å²) in [6.45, 7) is 3.89. The number of hydrogen-bond donors (Lipinski definition) is 2. The van der Waals surface area contributed by atoms with Gasteiger partial charge in [-0.3, -0.25) is 0 Å². The zero-order valence-electron chi connectivity index (χ0n) is 19.2. The Labute approximate surface area is 211 Å². The largest absolute Gasteiger partial charge is 0.383 e. The number of fused-ring (bicyclic) bond motifs is 3. The van der Waals surface area contributed by atoms with Gasteiger partial charge in [0.25, 0.3) is 0 Å². The third kappa shape index (κ3) is 3.81. The van der Waals surface area contributed by atoms with Crippen molar-refractivity contribution in [1.29, 1.82) is 0 Å². The number of pyridine rings is 1. The molecule has 10 heteroatoms.